The number of methoxy groups -OCH3 is 2. The molecule has 44 heavy (non-hydrogen) atoms. The Balaban J connectivity index is 1.52. The van der Waals surface area contributed by atoms with E-state index in [1.54, 1.807) is 31.2 Å². The average molecular weight is 643 g/mol. The molecular formula is C32H29Cl2FN2O7. The molecule has 2 aromatic rings. The molecular weight excluding hydrogens is 614 g/mol. The van der Waals surface area contributed by atoms with E-state index in [1.165, 1.54) is 31.3 Å². The molecule has 6 rings (SSSR count). The van der Waals surface area contributed by atoms with Gasteiger partial charge in [-0.15, -0.1) is 23.2 Å². The number of anilines is 1. The summed E-state index contributed by atoms with van der Waals surface area (Å²) in [7, 11) is 2.78. The molecule has 0 unspecified atom stereocenters. The largest absolute Gasteiger partial charge is 0.502 e. The van der Waals surface area contributed by atoms with Crippen LogP contribution in [0.4, 0.5) is 10.1 Å². The van der Waals surface area contributed by atoms with Crippen LogP contribution < -0.4 is 14.4 Å². The Morgan fingerprint density at radius 1 is 1.00 bits per heavy atom. The van der Waals surface area contributed by atoms with Crippen LogP contribution in [0.3, 0.4) is 0 Å². The van der Waals surface area contributed by atoms with Crippen LogP contribution in [-0.4, -0.2) is 64.1 Å². The molecule has 230 valence electrons. The minimum absolute atomic E-state index is 0.102. The molecule has 9 nitrogen and oxygen atoms in total. The second kappa shape index (κ2) is 10.6. The van der Waals surface area contributed by atoms with Crippen LogP contribution in [0.2, 0.25) is 0 Å². The van der Waals surface area contributed by atoms with E-state index in [1.807, 2.05) is 6.08 Å². The number of phenolic OH excluding ortho intramolecular Hbond substituents is 1. The Morgan fingerprint density at radius 2 is 1.64 bits per heavy atom. The first-order valence-corrected chi connectivity index (χ1v) is 14.9. The zero-order valence-electron chi connectivity index (χ0n) is 24.1. The van der Waals surface area contributed by atoms with Gasteiger partial charge in [-0.3, -0.25) is 24.1 Å². The number of likely N-dealkylation sites (tertiary alicyclic amines) is 1. The van der Waals surface area contributed by atoms with Crippen molar-refractivity contribution in [3.8, 4) is 17.2 Å². The molecule has 0 bridgehead atoms. The van der Waals surface area contributed by atoms with Crippen LogP contribution in [0.5, 0.6) is 17.2 Å². The second-order valence-electron chi connectivity index (χ2n) is 11.3. The standard InChI is InChI=1S/C32H29Cl2FN2O7/c1-4-36-27(39)20-11-10-19-21(25(20)28(36)40)15-31(33)29(41)37(18-8-6-17(35)7-9-18)30(42)32(31,34)22(19)12-5-16-13-23(43-2)26(38)24(14-16)44-3/h5-10,12-14,20-22,25,38H,4,11,15H2,1-3H3/t20-,21+,22-,25-,31+,32-/m0/s1. The van der Waals surface area contributed by atoms with Gasteiger partial charge in [0.2, 0.25) is 17.6 Å². The first kappa shape index (κ1) is 30.1. The summed E-state index contributed by atoms with van der Waals surface area (Å²) in [6.07, 6.45) is 5.22. The number of nitrogens with zero attached hydrogens (tertiary/aromatic N) is 2. The normalized spacial score (nSPS) is 31.3. The van der Waals surface area contributed by atoms with Gasteiger partial charge in [-0.05, 0) is 67.6 Å². The first-order chi connectivity index (χ1) is 20.9. The summed E-state index contributed by atoms with van der Waals surface area (Å²) in [5.74, 6) is -5.71. The molecule has 2 aliphatic carbocycles. The SMILES string of the molecule is CCN1C(=O)[C@H]2[C@H](CC=C3[C@H]2C[C@@]2(Cl)C(=O)N(c4ccc(F)cc4)C(=O)[C@@]2(Cl)[C@H]3C=Cc2cc(OC)c(O)c(OC)c2)C1=O. The van der Waals surface area contributed by atoms with E-state index in [9.17, 15) is 28.7 Å². The minimum atomic E-state index is -2.03. The van der Waals surface area contributed by atoms with E-state index in [2.05, 4.69) is 0 Å². The molecule has 0 spiro atoms. The van der Waals surface area contributed by atoms with Crippen molar-refractivity contribution in [3.05, 3.63) is 65.5 Å². The zero-order valence-corrected chi connectivity index (χ0v) is 25.6. The van der Waals surface area contributed by atoms with Crippen LogP contribution in [0.1, 0.15) is 25.3 Å². The van der Waals surface area contributed by atoms with Gasteiger partial charge in [-0.1, -0.05) is 23.8 Å². The van der Waals surface area contributed by atoms with Crippen LogP contribution >= 0.6 is 23.2 Å². The summed E-state index contributed by atoms with van der Waals surface area (Å²) in [6, 6.07) is 7.95. The molecule has 1 saturated carbocycles. The van der Waals surface area contributed by atoms with Crippen LogP contribution in [0.15, 0.2) is 54.1 Å². The van der Waals surface area contributed by atoms with E-state index in [0.717, 1.165) is 17.0 Å². The van der Waals surface area contributed by atoms with Crippen molar-refractivity contribution in [3.63, 3.8) is 0 Å². The van der Waals surface area contributed by atoms with Crippen molar-refractivity contribution < 1.29 is 38.1 Å². The summed E-state index contributed by atoms with van der Waals surface area (Å²) in [4.78, 5) is 53.2. The fourth-order valence-corrected chi connectivity index (χ4v) is 8.13. The molecule has 3 fully saturated rings. The lowest BCUT2D eigenvalue weighted by atomic mass is 9.57. The lowest BCUT2D eigenvalue weighted by molar-refractivity contribution is -0.140. The van der Waals surface area contributed by atoms with Crippen LogP contribution in [0, 0.1) is 29.5 Å². The topological polar surface area (TPSA) is 113 Å². The van der Waals surface area contributed by atoms with Gasteiger partial charge in [0.05, 0.1) is 31.7 Å². The summed E-state index contributed by atoms with van der Waals surface area (Å²) in [5, 5.41) is 10.4. The molecule has 4 amide bonds. The second-order valence-corrected chi connectivity index (χ2v) is 12.6. The molecule has 2 aromatic carbocycles. The number of phenols is 1. The molecule has 2 saturated heterocycles. The zero-order chi connectivity index (χ0) is 31.7. The first-order valence-electron chi connectivity index (χ1n) is 14.1. The number of halogens is 3. The van der Waals surface area contributed by atoms with Crippen molar-refractivity contribution in [1.29, 1.82) is 0 Å². The lowest BCUT2D eigenvalue weighted by Crippen LogP contribution is -2.60. The Labute approximate surface area is 262 Å². The monoisotopic (exact) mass is 642 g/mol. The Morgan fingerprint density at radius 3 is 2.23 bits per heavy atom. The van der Waals surface area contributed by atoms with Gasteiger partial charge < -0.3 is 14.6 Å². The van der Waals surface area contributed by atoms with Crippen molar-refractivity contribution in [2.45, 2.75) is 29.5 Å². The van der Waals surface area contributed by atoms with E-state index in [0.29, 0.717) is 11.1 Å². The molecule has 4 aliphatic rings. The number of alkyl halides is 2. The molecule has 0 radical (unpaired) electrons. The number of ether oxygens (including phenoxy) is 2. The van der Waals surface area contributed by atoms with Crippen molar-refractivity contribution in [2.75, 3.05) is 25.7 Å². The number of imide groups is 2. The maximum Gasteiger partial charge on any atom is 0.258 e. The number of fused-ring (bicyclic) bond motifs is 4. The molecule has 2 aliphatic heterocycles. The quantitative estimate of drug-likeness (QED) is 0.277. The van der Waals surface area contributed by atoms with Gasteiger partial charge in [-0.25, -0.2) is 9.29 Å². The molecule has 12 heteroatoms. The number of carbonyl (C=O) groups is 4. The molecule has 2 heterocycles. The third-order valence-corrected chi connectivity index (χ3v) is 10.8. The van der Waals surface area contributed by atoms with E-state index in [4.69, 9.17) is 32.7 Å². The average Bonchev–Trinajstić information content (AvgIpc) is 3.35. The highest BCUT2D eigenvalue weighted by Gasteiger charge is 2.76. The number of carbonyl (C=O) groups excluding carboxylic acids is 4. The lowest BCUT2D eigenvalue weighted by Gasteiger charge is -2.49. The highest BCUT2D eigenvalue weighted by atomic mass is 35.5. The summed E-state index contributed by atoms with van der Waals surface area (Å²) < 4.78 is 24.3. The smallest absolute Gasteiger partial charge is 0.258 e. The highest BCUT2D eigenvalue weighted by molar-refractivity contribution is 6.58. The number of allylic oxidation sites excluding steroid dienone is 3. The Kier molecular flexibility index (Phi) is 7.28. The van der Waals surface area contributed by atoms with Gasteiger partial charge in [-0.2, -0.15) is 0 Å². The maximum atomic E-state index is 14.3. The van der Waals surface area contributed by atoms with Crippen molar-refractivity contribution in [1.82, 2.24) is 4.90 Å². The fraction of sp³-hybridized carbons (Fsp3) is 0.375. The number of amides is 4. The van der Waals surface area contributed by atoms with Crippen LogP contribution in [0.25, 0.3) is 6.08 Å². The summed E-state index contributed by atoms with van der Waals surface area (Å²) >= 11 is 14.6. The van der Waals surface area contributed by atoms with E-state index < -0.39 is 51.1 Å². The van der Waals surface area contributed by atoms with Gasteiger partial charge in [0.1, 0.15) is 5.82 Å². The van der Waals surface area contributed by atoms with Gasteiger partial charge >= 0.3 is 0 Å². The fourth-order valence-electron chi connectivity index (χ4n) is 7.24. The van der Waals surface area contributed by atoms with Gasteiger partial charge in [0.15, 0.2) is 21.2 Å². The number of aromatic hydroxyl groups is 1. The molecule has 6 atom stereocenters. The maximum absolute atomic E-state index is 14.3. The molecule has 1 N–H and O–H groups in total. The minimum Gasteiger partial charge on any atom is -0.502 e. The highest BCUT2D eigenvalue weighted by Crippen LogP contribution is 2.63. The Hall–Kier alpha value is -3.89. The van der Waals surface area contributed by atoms with Crippen LogP contribution in [-0.2, 0) is 19.2 Å². The third kappa shape index (κ3) is 4.03. The van der Waals surface area contributed by atoms with Gasteiger partial charge in [0.25, 0.3) is 11.8 Å². The van der Waals surface area contributed by atoms with E-state index in [-0.39, 0.29) is 54.1 Å². The number of benzene rings is 2. The molecule has 0 aromatic heterocycles. The van der Waals surface area contributed by atoms with E-state index >= 15 is 0 Å². The Bertz CT molecular complexity index is 1640. The predicted octanol–water partition coefficient (Wildman–Crippen LogP) is 4.68. The van der Waals surface area contributed by atoms with Crippen molar-refractivity contribution >= 4 is 58.6 Å². The number of hydrogen-bond donors (Lipinski definition) is 1. The summed E-state index contributed by atoms with van der Waals surface area (Å²) in [6.45, 7) is 1.93. The number of rotatable bonds is 6. The van der Waals surface area contributed by atoms with Crippen molar-refractivity contribution in [2.24, 2.45) is 23.7 Å². The summed E-state index contributed by atoms with van der Waals surface area (Å²) in [5.41, 5.74) is 1.25. The number of hydrogen-bond acceptors (Lipinski definition) is 7. The van der Waals surface area contributed by atoms with Gasteiger partial charge in [0, 0.05) is 12.5 Å². The predicted molar refractivity (Wildman–Crippen MR) is 160 cm³/mol. The third-order valence-electron chi connectivity index (χ3n) is 9.34.